The monoisotopic (exact) mass is 196 g/mol. The fourth-order valence-corrected chi connectivity index (χ4v) is 1.54. The third-order valence-electron chi connectivity index (χ3n) is 2.51. The van der Waals surface area contributed by atoms with Crippen LogP contribution in [-0.4, -0.2) is 11.7 Å². The molecule has 0 unspecified atom stereocenters. The molecule has 1 aliphatic carbocycles. The molecule has 0 aromatic carbocycles. The molecule has 0 aliphatic heterocycles. The van der Waals surface area contributed by atoms with Crippen LogP contribution in [0.15, 0.2) is 0 Å². The number of halogens is 3. The molecule has 1 nitrogen and oxygen atoms in total. The van der Waals surface area contributed by atoms with Crippen molar-refractivity contribution in [3.05, 3.63) is 0 Å². The first kappa shape index (κ1) is 9.90. The number of carbonyl (C=O) groups excluding carboxylic acids is 1. The summed E-state index contributed by atoms with van der Waals surface area (Å²) in [5, 5.41) is -3.15. The first-order valence-corrected chi connectivity index (χ1v) is 4.38. The average molecular weight is 197 g/mol. The van der Waals surface area contributed by atoms with Crippen molar-refractivity contribution in [2.45, 2.75) is 37.5 Å². The molecule has 1 fully saturated rings. The number of aldehydes is 1. The van der Waals surface area contributed by atoms with Crippen molar-refractivity contribution in [2.24, 2.45) is 5.41 Å². The van der Waals surface area contributed by atoms with Crippen LogP contribution in [0.5, 0.6) is 0 Å². The summed E-state index contributed by atoms with van der Waals surface area (Å²) in [4.78, 5) is 10.5. The van der Waals surface area contributed by atoms with Gasteiger partial charge in [-0.15, -0.1) is 0 Å². The summed E-state index contributed by atoms with van der Waals surface area (Å²) in [6.07, 6.45) is 3.07. The van der Waals surface area contributed by atoms with Gasteiger partial charge in [-0.05, 0) is 30.9 Å². The van der Waals surface area contributed by atoms with E-state index in [9.17, 15) is 13.6 Å². The maximum Gasteiger partial charge on any atom is 0.321 e. The van der Waals surface area contributed by atoms with E-state index in [2.05, 4.69) is 0 Å². The zero-order valence-corrected chi connectivity index (χ0v) is 7.41. The van der Waals surface area contributed by atoms with Crippen LogP contribution in [0, 0.1) is 5.41 Å². The Labute approximate surface area is 75.1 Å². The van der Waals surface area contributed by atoms with E-state index in [1.54, 1.807) is 0 Å². The van der Waals surface area contributed by atoms with E-state index in [-0.39, 0.29) is 6.42 Å². The van der Waals surface area contributed by atoms with E-state index in [1.165, 1.54) is 0 Å². The fourth-order valence-electron chi connectivity index (χ4n) is 1.45. The van der Waals surface area contributed by atoms with Gasteiger partial charge < -0.3 is 4.79 Å². The van der Waals surface area contributed by atoms with Gasteiger partial charge in [-0.3, -0.25) is 0 Å². The quantitative estimate of drug-likeness (QED) is 0.499. The van der Waals surface area contributed by atoms with Crippen molar-refractivity contribution in [2.75, 3.05) is 0 Å². The van der Waals surface area contributed by atoms with Crippen molar-refractivity contribution in [3.63, 3.8) is 0 Å². The number of hydrogen-bond donors (Lipinski definition) is 0. The Morgan fingerprint density at radius 2 is 2.08 bits per heavy atom. The van der Waals surface area contributed by atoms with Crippen LogP contribution in [0.2, 0.25) is 0 Å². The standard InChI is InChI=1S/C8H11ClF2O/c9-8(10,11)5-4-7(6-12)2-1-3-7/h6H,1-5H2. The van der Waals surface area contributed by atoms with Gasteiger partial charge in [-0.2, -0.15) is 8.78 Å². The number of alkyl halides is 3. The number of hydrogen-bond acceptors (Lipinski definition) is 1. The van der Waals surface area contributed by atoms with Crippen LogP contribution in [0.3, 0.4) is 0 Å². The van der Waals surface area contributed by atoms with Crippen LogP contribution in [0.1, 0.15) is 32.1 Å². The van der Waals surface area contributed by atoms with Gasteiger partial charge in [0.05, 0.1) is 0 Å². The minimum absolute atomic E-state index is 0.215. The van der Waals surface area contributed by atoms with Crippen LogP contribution >= 0.6 is 11.6 Å². The Morgan fingerprint density at radius 1 is 1.50 bits per heavy atom. The molecule has 70 valence electrons. The lowest BCUT2D eigenvalue weighted by Crippen LogP contribution is -2.32. The summed E-state index contributed by atoms with van der Waals surface area (Å²) in [6.45, 7) is 0. The Kier molecular flexibility index (Phi) is 2.71. The van der Waals surface area contributed by atoms with Gasteiger partial charge in [0.15, 0.2) is 0 Å². The lowest BCUT2D eigenvalue weighted by atomic mass is 9.67. The Morgan fingerprint density at radius 3 is 2.33 bits per heavy atom. The largest absolute Gasteiger partial charge is 0.321 e. The minimum atomic E-state index is -3.15. The third-order valence-corrected chi connectivity index (χ3v) is 2.69. The smallest absolute Gasteiger partial charge is 0.303 e. The molecule has 0 amide bonds. The predicted molar refractivity (Wildman–Crippen MR) is 42.4 cm³/mol. The molecule has 1 aliphatic rings. The van der Waals surface area contributed by atoms with E-state index >= 15 is 0 Å². The molecule has 1 saturated carbocycles. The highest BCUT2D eigenvalue weighted by Crippen LogP contribution is 2.45. The molecule has 0 radical (unpaired) electrons. The second-order valence-electron chi connectivity index (χ2n) is 3.45. The highest BCUT2D eigenvalue weighted by atomic mass is 35.5. The van der Waals surface area contributed by atoms with Gasteiger partial charge in [-0.25, -0.2) is 0 Å². The summed E-state index contributed by atoms with van der Waals surface area (Å²) in [6, 6.07) is 0. The topological polar surface area (TPSA) is 17.1 Å². The van der Waals surface area contributed by atoms with E-state index in [1.807, 2.05) is 0 Å². The highest BCUT2D eigenvalue weighted by molar-refractivity contribution is 6.21. The first-order valence-electron chi connectivity index (χ1n) is 4.01. The molecule has 1 rings (SSSR count). The van der Waals surface area contributed by atoms with Crippen LogP contribution < -0.4 is 0 Å². The summed E-state index contributed by atoms with van der Waals surface area (Å²) >= 11 is 4.73. The summed E-state index contributed by atoms with van der Waals surface area (Å²) in [5.41, 5.74) is -0.474. The van der Waals surface area contributed by atoms with E-state index in [0.717, 1.165) is 25.5 Å². The molecule has 0 aromatic rings. The van der Waals surface area contributed by atoms with Crippen molar-refractivity contribution in [3.8, 4) is 0 Å². The summed E-state index contributed by atoms with van der Waals surface area (Å²) in [7, 11) is 0. The Balaban J connectivity index is 2.34. The Hall–Kier alpha value is -0.180. The molecule has 0 atom stereocenters. The third kappa shape index (κ3) is 2.41. The number of rotatable bonds is 4. The van der Waals surface area contributed by atoms with Gasteiger partial charge in [0.1, 0.15) is 6.29 Å². The molecule has 4 heteroatoms. The zero-order chi connectivity index (χ0) is 9.24. The molecule has 0 N–H and O–H groups in total. The lowest BCUT2D eigenvalue weighted by Gasteiger charge is -2.36. The first-order chi connectivity index (χ1) is 5.47. The van der Waals surface area contributed by atoms with Crippen LogP contribution in [-0.2, 0) is 4.79 Å². The maximum atomic E-state index is 12.2. The lowest BCUT2D eigenvalue weighted by molar-refractivity contribution is -0.121. The van der Waals surface area contributed by atoms with Gasteiger partial charge in [0.25, 0.3) is 0 Å². The van der Waals surface area contributed by atoms with Crippen molar-refractivity contribution in [1.82, 2.24) is 0 Å². The van der Waals surface area contributed by atoms with Crippen LogP contribution in [0.25, 0.3) is 0 Å². The van der Waals surface area contributed by atoms with Gasteiger partial charge in [0.2, 0.25) is 0 Å². The van der Waals surface area contributed by atoms with Crippen molar-refractivity contribution >= 4 is 17.9 Å². The highest BCUT2D eigenvalue weighted by Gasteiger charge is 2.39. The van der Waals surface area contributed by atoms with Gasteiger partial charge in [0, 0.05) is 11.8 Å². The second-order valence-corrected chi connectivity index (χ2v) is 4.00. The van der Waals surface area contributed by atoms with Crippen molar-refractivity contribution in [1.29, 1.82) is 0 Å². The van der Waals surface area contributed by atoms with Gasteiger partial charge >= 0.3 is 5.38 Å². The Bertz CT molecular complexity index is 172. The predicted octanol–water partition coefficient (Wildman–Crippen LogP) is 2.97. The summed E-state index contributed by atoms with van der Waals surface area (Å²) < 4.78 is 24.4. The summed E-state index contributed by atoms with van der Waals surface area (Å²) in [5.74, 6) is 0. The zero-order valence-electron chi connectivity index (χ0n) is 6.66. The van der Waals surface area contributed by atoms with Crippen molar-refractivity contribution < 1.29 is 13.6 Å². The molecular formula is C8H11ClF2O. The van der Waals surface area contributed by atoms with Crippen LogP contribution in [0.4, 0.5) is 8.78 Å². The molecular weight excluding hydrogens is 186 g/mol. The maximum absolute atomic E-state index is 12.2. The molecule has 0 aromatic heterocycles. The van der Waals surface area contributed by atoms with Gasteiger partial charge in [-0.1, -0.05) is 6.42 Å². The molecule has 0 spiro atoms. The normalized spacial score (nSPS) is 21.6. The molecule has 0 saturated heterocycles. The minimum Gasteiger partial charge on any atom is -0.303 e. The van der Waals surface area contributed by atoms with E-state index in [0.29, 0.717) is 0 Å². The number of carbonyl (C=O) groups is 1. The fraction of sp³-hybridized carbons (Fsp3) is 0.875. The van der Waals surface area contributed by atoms with E-state index < -0.39 is 17.2 Å². The molecule has 0 heterocycles. The SMILES string of the molecule is O=CC1(CCC(F)(F)Cl)CCC1. The molecule has 12 heavy (non-hydrogen) atoms. The van der Waals surface area contributed by atoms with E-state index in [4.69, 9.17) is 11.6 Å². The second kappa shape index (κ2) is 3.29. The molecule has 0 bridgehead atoms. The average Bonchev–Trinajstić information content (AvgIpc) is 1.84.